The Bertz CT molecular complexity index is 2580. The molecule has 2 saturated heterocycles. The van der Waals surface area contributed by atoms with Crippen molar-refractivity contribution in [3.8, 4) is 12.1 Å². The van der Waals surface area contributed by atoms with Gasteiger partial charge in [0.1, 0.15) is 12.5 Å². The van der Waals surface area contributed by atoms with E-state index >= 15 is 0 Å². The van der Waals surface area contributed by atoms with Crippen LogP contribution in [0.1, 0.15) is 72.3 Å². The van der Waals surface area contributed by atoms with Crippen molar-refractivity contribution in [1.82, 2.24) is 44.1 Å². The number of carbonyl (C=O) groups excluding carboxylic acids is 2. The van der Waals surface area contributed by atoms with Crippen LogP contribution in [0.4, 0.5) is 11.9 Å². The van der Waals surface area contributed by atoms with Crippen LogP contribution in [0.25, 0.3) is 22.3 Å². The molecule has 0 spiro atoms. The van der Waals surface area contributed by atoms with Gasteiger partial charge in [-0.3, -0.25) is 67.0 Å². The van der Waals surface area contributed by atoms with Crippen molar-refractivity contribution in [1.29, 1.82) is 10.5 Å². The van der Waals surface area contributed by atoms with Crippen molar-refractivity contribution < 1.29 is 46.3 Å². The first kappa shape index (κ1) is 46.3. The number of hydrogen-bond donors (Lipinski definition) is 6. The number of hydrogen-bond acceptors (Lipinski definition) is 18. The number of aromatic nitrogens is 8. The highest BCUT2D eigenvalue weighted by atomic mass is 31.2. The fourth-order valence-electron chi connectivity index (χ4n) is 6.26. The second kappa shape index (κ2) is 19.9. The summed E-state index contributed by atoms with van der Waals surface area (Å²) in [6.45, 7) is 5.33. The number of carbonyl (C=O) groups is 2. The van der Waals surface area contributed by atoms with E-state index in [0.717, 1.165) is 0 Å². The average Bonchev–Trinajstić information content (AvgIpc) is 4.03. The van der Waals surface area contributed by atoms with Crippen LogP contribution in [0, 0.1) is 34.5 Å². The van der Waals surface area contributed by atoms with Crippen LogP contribution >= 0.6 is 15.5 Å². The number of amides is 2. The minimum absolute atomic E-state index is 0.0235. The zero-order valence-electron chi connectivity index (χ0n) is 34.0. The fourth-order valence-corrected chi connectivity index (χ4v) is 8.63. The smallest absolute Gasteiger partial charge is 0.352 e. The molecule has 7 N–H and O–H groups in total. The van der Waals surface area contributed by atoms with Crippen LogP contribution in [0.2, 0.25) is 0 Å². The summed E-state index contributed by atoms with van der Waals surface area (Å²) in [6.07, 6.45) is -0.289. The van der Waals surface area contributed by atoms with Crippen LogP contribution in [-0.4, -0.2) is 95.5 Å². The van der Waals surface area contributed by atoms with Crippen molar-refractivity contribution >= 4 is 61.5 Å². The lowest BCUT2D eigenvalue weighted by Gasteiger charge is -2.26. The Morgan fingerprint density at radius 1 is 0.839 bits per heavy atom. The molecule has 2 aliphatic rings. The predicted molar refractivity (Wildman–Crippen MR) is 215 cm³/mol. The topological polar surface area (TPSA) is 360 Å². The zero-order chi connectivity index (χ0) is 44.8. The third-order valence-electron chi connectivity index (χ3n) is 9.47. The van der Waals surface area contributed by atoms with E-state index < -0.39 is 75.7 Å². The lowest BCUT2D eigenvalue weighted by Crippen LogP contribution is -2.38. The van der Waals surface area contributed by atoms with Gasteiger partial charge in [0.05, 0.1) is 82.3 Å². The second-order valence-corrected chi connectivity index (χ2v) is 18.1. The highest BCUT2D eigenvalue weighted by Crippen LogP contribution is 2.49. The lowest BCUT2D eigenvalue weighted by molar-refractivity contribution is -0.119. The first-order valence-electron chi connectivity index (χ1n) is 19.4. The Balaban J connectivity index is 1.21. The van der Waals surface area contributed by atoms with Gasteiger partial charge < -0.3 is 9.47 Å². The molecule has 3 unspecified atom stereocenters. The summed E-state index contributed by atoms with van der Waals surface area (Å²) < 4.78 is 64.9. The largest absolute Gasteiger partial charge is 0.405 e. The number of rotatable bonds is 20. The number of aromatic amines is 2. The molecule has 2 amide bonds. The Morgan fingerprint density at radius 3 is 1.94 bits per heavy atom. The molecule has 0 radical (unpaired) electrons. The lowest BCUT2D eigenvalue weighted by atomic mass is 10.1. The molecule has 6 heterocycles. The molecule has 0 bridgehead atoms. The van der Waals surface area contributed by atoms with Gasteiger partial charge in [-0.05, 0) is 12.8 Å². The van der Waals surface area contributed by atoms with Gasteiger partial charge in [0, 0.05) is 18.3 Å². The first-order chi connectivity index (χ1) is 29.5. The Kier molecular flexibility index (Phi) is 14.8. The van der Waals surface area contributed by atoms with Crippen molar-refractivity contribution in [3.63, 3.8) is 0 Å². The van der Waals surface area contributed by atoms with E-state index in [9.17, 15) is 33.6 Å². The van der Waals surface area contributed by atoms with E-state index in [1.54, 1.807) is 32.3 Å². The standard InChI is InChI=1S/C34H46N14O12P2/c1-18(2)29(49)42-33-40-27-25(31(51)44-33)38-16-47(27)23-8-7-20(59-23)14-58-62(54,56-12-6-10-36)46-21-13-24(60-22(21)15-57-61(37,53)55-11-5-9-35)48-17-39-26-28(48)41-34(45-32(26)52)43-30(50)19(3)4/h16-24H,5-8,11-15H2,1-4H3,(H2,37,53)(H,46,54)(H2,40,42,44,49,51)(H2,41,43,45,50,52)/t20-,21?,22+,23+,24+,61?,62?/m0/s1. The number of nitriles is 2. The Morgan fingerprint density at radius 2 is 1.39 bits per heavy atom. The minimum Gasteiger partial charge on any atom is -0.352 e. The maximum Gasteiger partial charge on any atom is 0.405 e. The quantitative estimate of drug-likeness (QED) is 0.0548. The van der Waals surface area contributed by atoms with Gasteiger partial charge in [0.25, 0.3) is 11.1 Å². The summed E-state index contributed by atoms with van der Waals surface area (Å²) in [5.74, 6) is -1.76. The molecule has 0 aromatic carbocycles. The molecule has 4 aromatic rings. The molecular weight excluding hydrogens is 858 g/mol. The van der Waals surface area contributed by atoms with Gasteiger partial charge in [-0.2, -0.15) is 20.5 Å². The van der Waals surface area contributed by atoms with Crippen molar-refractivity contribution in [2.45, 2.75) is 90.5 Å². The summed E-state index contributed by atoms with van der Waals surface area (Å²) in [6, 6.07) is 2.76. The van der Waals surface area contributed by atoms with Gasteiger partial charge in [-0.15, -0.1) is 0 Å². The maximum absolute atomic E-state index is 14.5. The third kappa shape index (κ3) is 11.2. The molecule has 2 aliphatic heterocycles. The van der Waals surface area contributed by atoms with Crippen LogP contribution in [0.15, 0.2) is 22.2 Å². The normalized spacial score (nSPS) is 22.1. The summed E-state index contributed by atoms with van der Waals surface area (Å²) in [4.78, 5) is 72.5. The third-order valence-corrected chi connectivity index (χ3v) is 12.2. The molecular formula is C34H46N14O12P2. The molecule has 26 nitrogen and oxygen atoms in total. The van der Waals surface area contributed by atoms with E-state index in [1.807, 2.05) is 12.1 Å². The van der Waals surface area contributed by atoms with Gasteiger partial charge in [0.2, 0.25) is 23.7 Å². The number of nitrogens with two attached hydrogens (primary N) is 1. The number of ether oxygens (including phenoxy) is 2. The van der Waals surface area contributed by atoms with E-state index in [4.69, 9.17) is 38.3 Å². The van der Waals surface area contributed by atoms with Crippen LogP contribution in [-0.2, 0) is 46.3 Å². The summed E-state index contributed by atoms with van der Waals surface area (Å²) in [7, 11) is -8.59. The fraction of sp³-hybridized carbons (Fsp3) is 0.588. The van der Waals surface area contributed by atoms with E-state index in [1.165, 1.54) is 17.2 Å². The predicted octanol–water partition coefficient (Wildman–Crippen LogP) is 2.43. The Hall–Kier alpha value is -5.24. The molecule has 0 saturated carbocycles. The summed E-state index contributed by atoms with van der Waals surface area (Å²) >= 11 is 0. The summed E-state index contributed by atoms with van der Waals surface area (Å²) in [5, 5.41) is 26.1. The molecule has 0 aliphatic carbocycles. The highest BCUT2D eigenvalue weighted by Gasteiger charge is 2.43. The van der Waals surface area contributed by atoms with Gasteiger partial charge in [-0.25, -0.2) is 29.7 Å². The molecule has 2 fully saturated rings. The van der Waals surface area contributed by atoms with Gasteiger partial charge in [0.15, 0.2) is 22.3 Å². The highest BCUT2D eigenvalue weighted by molar-refractivity contribution is 7.51. The minimum atomic E-state index is -4.36. The molecule has 334 valence electrons. The SMILES string of the molecule is CC(C)C(=O)Nc1nc2c(ncn2[C@H]2CC[C@@H](COP(=O)(NC3C[C@H](n4cnc5c(=O)[nH]c(NC(=O)C(C)C)nc54)O[C@@H]3COP(N)(=O)OCCC#N)OCCC#N)O2)c(=O)[nH]1. The summed E-state index contributed by atoms with van der Waals surface area (Å²) in [5.41, 5.74) is 4.68. The van der Waals surface area contributed by atoms with Crippen molar-refractivity contribution in [2.24, 2.45) is 17.3 Å². The van der Waals surface area contributed by atoms with E-state index in [0.29, 0.717) is 12.8 Å². The molecule has 6 rings (SSSR count). The number of nitrogens with one attached hydrogen (secondary N) is 5. The molecule has 4 aromatic heterocycles. The number of imidazole rings is 2. The number of fused-ring (bicyclic) bond motifs is 2. The van der Waals surface area contributed by atoms with Crippen LogP contribution in [0.5, 0.6) is 0 Å². The van der Waals surface area contributed by atoms with Crippen molar-refractivity contribution in [3.05, 3.63) is 33.4 Å². The van der Waals surface area contributed by atoms with Gasteiger partial charge in [-0.1, -0.05) is 27.7 Å². The molecule has 7 atom stereocenters. The number of H-pyrrole nitrogens is 2. The number of nitrogens with zero attached hydrogens (tertiary/aromatic N) is 8. The number of anilines is 2. The zero-order valence-corrected chi connectivity index (χ0v) is 35.8. The van der Waals surface area contributed by atoms with E-state index in [2.05, 4.69) is 45.6 Å². The first-order valence-corrected chi connectivity index (χ1v) is 22.6. The monoisotopic (exact) mass is 904 g/mol. The Labute approximate surface area is 352 Å². The van der Waals surface area contributed by atoms with E-state index in [-0.39, 0.29) is 85.1 Å². The van der Waals surface area contributed by atoms with Crippen molar-refractivity contribution in [2.75, 3.05) is 37.1 Å². The van der Waals surface area contributed by atoms with Gasteiger partial charge >= 0.3 is 15.5 Å². The molecule has 62 heavy (non-hydrogen) atoms. The maximum atomic E-state index is 14.5. The average molecular weight is 905 g/mol. The molecule has 28 heteroatoms. The van der Waals surface area contributed by atoms with Crippen LogP contribution in [0.3, 0.4) is 0 Å². The second-order valence-electron chi connectivity index (χ2n) is 14.8. The van der Waals surface area contributed by atoms with Crippen LogP contribution < -0.4 is 32.3 Å².